The van der Waals surface area contributed by atoms with Crippen LogP contribution in [-0.2, 0) is 9.53 Å². The number of esters is 1. The van der Waals surface area contributed by atoms with Gasteiger partial charge in [-0.15, -0.1) is 0 Å². The summed E-state index contributed by atoms with van der Waals surface area (Å²) in [6, 6.07) is 9.72. The van der Waals surface area contributed by atoms with E-state index in [0.29, 0.717) is 0 Å². The van der Waals surface area contributed by atoms with Crippen LogP contribution in [-0.4, -0.2) is 12.1 Å². The Hall–Kier alpha value is -1.83. The van der Waals surface area contributed by atoms with Gasteiger partial charge in [-0.1, -0.05) is 36.4 Å². The molecule has 0 saturated carbocycles. The van der Waals surface area contributed by atoms with Crippen molar-refractivity contribution in [2.75, 3.05) is 0 Å². The van der Waals surface area contributed by atoms with E-state index in [1.807, 2.05) is 36.4 Å². The highest BCUT2D eigenvalue weighted by molar-refractivity contribution is 5.87. The molecular formula is C15H16O2. The van der Waals surface area contributed by atoms with E-state index < -0.39 is 0 Å². The Kier molecular flexibility index (Phi) is 4.14. The normalized spacial score (nSPS) is 19.4. The van der Waals surface area contributed by atoms with Crippen molar-refractivity contribution in [1.29, 1.82) is 0 Å². The number of rotatable bonds is 3. The number of carbonyl (C=O) groups excluding carboxylic acids is 1. The van der Waals surface area contributed by atoms with Crippen molar-refractivity contribution in [3.05, 3.63) is 54.1 Å². The molecule has 1 aromatic carbocycles. The molecule has 0 radical (unpaired) electrons. The Bertz CT molecular complexity index is 418. The van der Waals surface area contributed by atoms with Crippen molar-refractivity contribution in [2.45, 2.75) is 25.4 Å². The van der Waals surface area contributed by atoms with Crippen molar-refractivity contribution in [3.63, 3.8) is 0 Å². The third-order valence-corrected chi connectivity index (χ3v) is 2.69. The minimum atomic E-state index is -0.273. The molecule has 17 heavy (non-hydrogen) atoms. The third-order valence-electron chi connectivity index (χ3n) is 2.69. The molecule has 1 unspecified atom stereocenters. The van der Waals surface area contributed by atoms with Crippen molar-refractivity contribution in [1.82, 2.24) is 0 Å². The lowest BCUT2D eigenvalue weighted by Gasteiger charge is -2.15. The van der Waals surface area contributed by atoms with Crippen molar-refractivity contribution in [2.24, 2.45) is 0 Å². The van der Waals surface area contributed by atoms with Crippen LogP contribution in [0.15, 0.2) is 48.6 Å². The lowest BCUT2D eigenvalue weighted by atomic mass is 10.1. The summed E-state index contributed by atoms with van der Waals surface area (Å²) >= 11 is 0. The summed E-state index contributed by atoms with van der Waals surface area (Å²) < 4.78 is 5.30. The van der Waals surface area contributed by atoms with E-state index in [4.69, 9.17) is 4.74 Å². The minimum absolute atomic E-state index is 0.0447. The maximum Gasteiger partial charge on any atom is 0.331 e. The summed E-state index contributed by atoms with van der Waals surface area (Å²) in [6.45, 7) is 0. The number of benzene rings is 1. The molecule has 88 valence electrons. The van der Waals surface area contributed by atoms with E-state index in [1.54, 1.807) is 6.08 Å². The van der Waals surface area contributed by atoms with Crippen LogP contribution in [0.1, 0.15) is 24.8 Å². The summed E-state index contributed by atoms with van der Waals surface area (Å²) in [5.41, 5.74) is 1.00. The average Bonchev–Trinajstić information content (AvgIpc) is 2.39. The number of hydrogen-bond donors (Lipinski definition) is 0. The maximum absolute atomic E-state index is 11.5. The highest BCUT2D eigenvalue weighted by Crippen LogP contribution is 2.13. The first-order valence-electron chi connectivity index (χ1n) is 5.95. The van der Waals surface area contributed by atoms with E-state index in [-0.39, 0.29) is 12.1 Å². The molecule has 0 bridgehead atoms. The second-order valence-corrected chi connectivity index (χ2v) is 4.08. The first kappa shape index (κ1) is 11.6. The lowest BCUT2D eigenvalue weighted by molar-refractivity contribution is -0.141. The first-order chi connectivity index (χ1) is 8.34. The van der Waals surface area contributed by atoms with Crippen LogP contribution >= 0.6 is 0 Å². The standard InChI is InChI=1S/C15H16O2/c16-15(17-14-9-5-2-6-10-14)12-11-13-7-3-1-4-8-13/h1,3-5,7-9,11-12,14H,2,6,10H2/b12-11+. The molecule has 0 aliphatic heterocycles. The van der Waals surface area contributed by atoms with Gasteiger partial charge in [-0.05, 0) is 37.0 Å². The monoisotopic (exact) mass is 228 g/mol. The van der Waals surface area contributed by atoms with Gasteiger partial charge >= 0.3 is 5.97 Å². The topological polar surface area (TPSA) is 26.3 Å². The Morgan fingerprint density at radius 3 is 2.82 bits per heavy atom. The van der Waals surface area contributed by atoms with Crippen LogP contribution in [0.5, 0.6) is 0 Å². The van der Waals surface area contributed by atoms with E-state index in [0.717, 1.165) is 24.8 Å². The van der Waals surface area contributed by atoms with Crippen molar-refractivity contribution in [3.8, 4) is 0 Å². The van der Waals surface area contributed by atoms with Gasteiger partial charge in [-0.25, -0.2) is 4.79 Å². The molecular weight excluding hydrogens is 212 g/mol. The van der Waals surface area contributed by atoms with Gasteiger partial charge in [0.05, 0.1) is 0 Å². The summed E-state index contributed by atoms with van der Waals surface area (Å²) in [4.78, 5) is 11.5. The molecule has 2 heteroatoms. The highest BCUT2D eigenvalue weighted by atomic mass is 16.5. The predicted octanol–water partition coefficient (Wildman–Crippen LogP) is 3.35. The molecule has 0 N–H and O–H groups in total. The van der Waals surface area contributed by atoms with Gasteiger partial charge in [-0.2, -0.15) is 0 Å². The predicted molar refractivity (Wildman–Crippen MR) is 68.3 cm³/mol. The molecule has 1 aliphatic carbocycles. The van der Waals surface area contributed by atoms with Crippen molar-refractivity contribution >= 4 is 12.0 Å². The van der Waals surface area contributed by atoms with Gasteiger partial charge in [0, 0.05) is 6.08 Å². The van der Waals surface area contributed by atoms with Crippen LogP contribution in [0.4, 0.5) is 0 Å². The average molecular weight is 228 g/mol. The second kappa shape index (κ2) is 6.04. The van der Waals surface area contributed by atoms with E-state index >= 15 is 0 Å². The van der Waals surface area contributed by atoms with E-state index in [2.05, 4.69) is 6.08 Å². The molecule has 0 fully saturated rings. The van der Waals surface area contributed by atoms with Crippen LogP contribution in [0.2, 0.25) is 0 Å². The van der Waals surface area contributed by atoms with E-state index in [1.165, 1.54) is 6.08 Å². The quantitative estimate of drug-likeness (QED) is 0.450. The fourth-order valence-corrected chi connectivity index (χ4v) is 1.80. The van der Waals surface area contributed by atoms with Crippen LogP contribution in [0.3, 0.4) is 0 Å². The largest absolute Gasteiger partial charge is 0.455 e. The Balaban J connectivity index is 1.87. The number of hydrogen-bond acceptors (Lipinski definition) is 2. The zero-order chi connectivity index (χ0) is 11.9. The Morgan fingerprint density at radius 1 is 1.29 bits per heavy atom. The smallest absolute Gasteiger partial charge is 0.331 e. The fourth-order valence-electron chi connectivity index (χ4n) is 1.80. The first-order valence-corrected chi connectivity index (χ1v) is 5.95. The number of carbonyl (C=O) groups is 1. The summed E-state index contributed by atoms with van der Waals surface area (Å²) in [5, 5.41) is 0. The number of allylic oxidation sites excluding steroid dienone is 1. The van der Waals surface area contributed by atoms with E-state index in [9.17, 15) is 4.79 Å². The molecule has 0 saturated heterocycles. The Labute approximate surface area is 102 Å². The molecule has 1 aliphatic rings. The fraction of sp³-hybridized carbons (Fsp3) is 0.267. The lowest BCUT2D eigenvalue weighted by Crippen LogP contribution is -2.16. The third kappa shape index (κ3) is 3.91. The summed E-state index contributed by atoms with van der Waals surface area (Å²) in [6.07, 6.45) is 10.4. The molecule has 2 nitrogen and oxygen atoms in total. The summed E-state index contributed by atoms with van der Waals surface area (Å²) in [7, 11) is 0. The van der Waals surface area contributed by atoms with Crippen LogP contribution in [0.25, 0.3) is 6.08 Å². The molecule has 2 rings (SSSR count). The SMILES string of the molecule is O=C(/C=C/c1ccccc1)OC1C=CCCC1. The second-order valence-electron chi connectivity index (χ2n) is 4.08. The van der Waals surface area contributed by atoms with Gasteiger partial charge in [-0.3, -0.25) is 0 Å². The zero-order valence-corrected chi connectivity index (χ0v) is 9.71. The molecule has 0 spiro atoms. The van der Waals surface area contributed by atoms with Gasteiger partial charge in [0.2, 0.25) is 0 Å². The van der Waals surface area contributed by atoms with Crippen LogP contribution in [0, 0.1) is 0 Å². The van der Waals surface area contributed by atoms with Crippen LogP contribution < -0.4 is 0 Å². The molecule has 0 heterocycles. The number of ether oxygens (including phenoxy) is 1. The van der Waals surface area contributed by atoms with Gasteiger partial charge in [0.25, 0.3) is 0 Å². The molecule has 1 atom stereocenters. The molecule has 1 aromatic rings. The molecule has 0 amide bonds. The summed E-state index contributed by atoms with van der Waals surface area (Å²) in [5.74, 6) is -0.273. The minimum Gasteiger partial charge on any atom is -0.455 e. The Morgan fingerprint density at radius 2 is 2.12 bits per heavy atom. The van der Waals surface area contributed by atoms with Gasteiger partial charge in [0.1, 0.15) is 6.10 Å². The van der Waals surface area contributed by atoms with Gasteiger partial charge < -0.3 is 4.74 Å². The van der Waals surface area contributed by atoms with Crippen molar-refractivity contribution < 1.29 is 9.53 Å². The highest BCUT2D eigenvalue weighted by Gasteiger charge is 2.11. The molecule has 0 aromatic heterocycles. The zero-order valence-electron chi connectivity index (χ0n) is 9.71. The van der Waals surface area contributed by atoms with Gasteiger partial charge in [0.15, 0.2) is 0 Å². The maximum atomic E-state index is 11.5.